The third-order valence-corrected chi connectivity index (χ3v) is 4.21. The molecule has 0 bridgehead atoms. The van der Waals surface area contributed by atoms with Crippen molar-refractivity contribution in [2.75, 3.05) is 18.4 Å². The average molecular weight is 445 g/mol. The molecule has 0 aromatic heterocycles. The number of hydrogen-bond acceptors (Lipinski definition) is 7. The molecule has 1 aliphatic carbocycles. The zero-order valence-electron chi connectivity index (χ0n) is 17.6. The molecule has 1 aromatic rings. The van der Waals surface area contributed by atoms with E-state index < -0.39 is 23.9 Å². The summed E-state index contributed by atoms with van der Waals surface area (Å²) in [6.07, 6.45) is 5.97. The zero-order chi connectivity index (χ0) is 23.5. The third kappa shape index (κ3) is 17.8. The molecule has 0 spiro atoms. The third-order valence-electron chi connectivity index (χ3n) is 4.21. The first-order chi connectivity index (χ1) is 14.8. The summed E-state index contributed by atoms with van der Waals surface area (Å²) >= 11 is 0. The summed E-state index contributed by atoms with van der Waals surface area (Å²) in [5, 5.41) is 30.8. The van der Waals surface area contributed by atoms with E-state index in [4.69, 9.17) is 15.3 Å². The van der Waals surface area contributed by atoms with E-state index in [0.29, 0.717) is 6.04 Å². The lowest BCUT2D eigenvalue weighted by molar-refractivity contribution is -0.139. The van der Waals surface area contributed by atoms with Gasteiger partial charge in [0.1, 0.15) is 12.6 Å². The lowest BCUT2D eigenvalue weighted by atomic mass is 9.95. The number of carbonyl (C=O) groups is 3. The first-order valence-electron chi connectivity index (χ1n) is 10.1. The molecule has 1 atom stereocenters. The number of para-hydroxylation sites is 1. The Balaban J connectivity index is 0.000000446. The molecule has 176 valence electrons. The lowest BCUT2D eigenvalue weighted by Crippen LogP contribution is -2.42. The fourth-order valence-corrected chi connectivity index (χ4v) is 2.64. The van der Waals surface area contributed by atoms with Crippen molar-refractivity contribution >= 4 is 23.6 Å². The number of carboxylic acid groups (broad SMARTS) is 3. The van der Waals surface area contributed by atoms with Crippen molar-refractivity contribution in [3.05, 3.63) is 30.3 Å². The minimum absolute atomic E-state index is 0.0377. The van der Waals surface area contributed by atoms with Gasteiger partial charge in [0.25, 0.3) is 0 Å². The molecule has 1 aliphatic rings. The second-order valence-corrected chi connectivity index (χ2v) is 6.84. The Morgan fingerprint density at radius 2 is 1.65 bits per heavy atom. The van der Waals surface area contributed by atoms with Gasteiger partial charge in [-0.3, -0.25) is 14.4 Å². The number of hydrogen-bond donors (Lipinski definition) is 7. The molecule has 1 fully saturated rings. The van der Waals surface area contributed by atoms with Gasteiger partial charge in [0.05, 0.1) is 6.42 Å². The quantitative estimate of drug-likeness (QED) is 0.162. The summed E-state index contributed by atoms with van der Waals surface area (Å²) in [6.45, 7) is 1.76. The second-order valence-electron chi connectivity index (χ2n) is 6.84. The normalized spacial score (nSPS) is 14.1. The number of carboxylic acids is 3. The topological polar surface area (TPSA) is 160 Å². The number of benzene rings is 1. The van der Waals surface area contributed by atoms with Crippen molar-refractivity contribution in [1.82, 2.24) is 16.4 Å². The lowest BCUT2D eigenvalue weighted by Gasteiger charge is -2.24. The first-order valence-corrected chi connectivity index (χ1v) is 10.1. The molecule has 31 heavy (non-hydrogen) atoms. The van der Waals surface area contributed by atoms with E-state index in [1.807, 2.05) is 35.8 Å². The summed E-state index contributed by atoms with van der Waals surface area (Å²) in [5.74, 6) is -2.55. The molecule has 10 nitrogen and oxygen atoms in total. The van der Waals surface area contributed by atoms with E-state index in [1.54, 1.807) is 6.92 Å². The molecule has 2 rings (SSSR count). The van der Waals surface area contributed by atoms with Crippen LogP contribution in [0.1, 0.15) is 45.4 Å². The van der Waals surface area contributed by atoms with Gasteiger partial charge in [-0.05, 0) is 31.9 Å². The highest BCUT2D eigenvalue weighted by atomic mass is 19.2. The van der Waals surface area contributed by atoms with Gasteiger partial charge >= 0.3 is 17.9 Å². The SMILES string of the molecule is C[C@H](NC1CCCCC1)C(=O)O.O=C(O)CCNNF.O=C(O)CNc1ccccc1. The Hall–Kier alpha value is -2.76. The van der Waals surface area contributed by atoms with Crippen LogP contribution in [-0.2, 0) is 14.4 Å². The summed E-state index contributed by atoms with van der Waals surface area (Å²) < 4.78 is 10.9. The monoisotopic (exact) mass is 444 g/mol. The van der Waals surface area contributed by atoms with Crippen molar-refractivity contribution in [2.24, 2.45) is 0 Å². The fourth-order valence-electron chi connectivity index (χ4n) is 2.64. The van der Waals surface area contributed by atoms with Crippen LogP contribution in [0.25, 0.3) is 0 Å². The summed E-state index contributed by atoms with van der Waals surface area (Å²) in [7, 11) is 0. The van der Waals surface area contributed by atoms with Gasteiger partial charge < -0.3 is 26.0 Å². The molecular formula is C20H33FN4O6. The van der Waals surface area contributed by atoms with Crippen LogP contribution in [0.15, 0.2) is 30.3 Å². The smallest absolute Gasteiger partial charge is 0.322 e. The predicted molar refractivity (Wildman–Crippen MR) is 114 cm³/mol. The van der Waals surface area contributed by atoms with Gasteiger partial charge in [-0.1, -0.05) is 43.1 Å². The molecule has 7 N–H and O–H groups in total. The van der Waals surface area contributed by atoms with E-state index in [2.05, 4.69) is 10.6 Å². The average Bonchev–Trinajstić information content (AvgIpc) is 2.74. The van der Waals surface area contributed by atoms with E-state index in [1.165, 1.54) is 19.3 Å². The van der Waals surface area contributed by atoms with Crippen molar-refractivity contribution in [3.63, 3.8) is 0 Å². The van der Waals surface area contributed by atoms with Crippen molar-refractivity contribution < 1.29 is 34.2 Å². The van der Waals surface area contributed by atoms with Crippen molar-refractivity contribution in [1.29, 1.82) is 0 Å². The predicted octanol–water partition coefficient (Wildman–Crippen LogP) is 2.00. The molecule has 0 saturated heterocycles. The van der Waals surface area contributed by atoms with Gasteiger partial charge in [0.15, 0.2) is 0 Å². The maximum atomic E-state index is 10.9. The van der Waals surface area contributed by atoms with Crippen molar-refractivity contribution in [3.8, 4) is 0 Å². The summed E-state index contributed by atoms with van der Waals surface area (Å²) in [4.78, 5) is 30.3. The number of hydrazine groups is 1. The van der Waals surface area contributed by atoms with Gasteiger partial charge in [0.2, 0.25) is 0 Å². The molecule has 1 saturated carbocycles. The van der Waals surface area contributed by atoms with E-state index in [0.717, 1.165) is 24.2 Å². The Kier molecular flexibility index (Phi) is 16.4. The molecule has 0 unspecified atom stereocenters. The maximum absolute atomic E-state index is 10.9. The minimum Gasteiger partial charge on any atom is -0.481 e. The standard InChI is InChI=1S/C9H17NO2.C8H9NO2.C3H7FN2O2/c1-7(9(11)12)10-8-5-3-2-4-6-8;10-8(11)6-9-7-4-2-1-3-5-7;4-6-5-2-1-3(7)8/h7-8,10H,2-6H2,1H3,(H,11,12);1-5,9H,6H2,(H,10,11);5-6H,1-2H2,(H,7,8)/t7-;;/m0../s1. The largest absolute Gasteiger partial charge is 0.481 e. The Morgan fingerprint density at radius 3 is 2.13 bits per heavy atom. The summed E-state index contributed by atoms with van der Waals surface area (Å²) in [5.41, 5.74) is 3.92. The van der Waals surface area contributed by atoms with Gasteiger partial charge in [0, 0.05) is 18.3 Å². The molecule has 0 heterocycles. The Morgan fingerprint density at radius 1 is 1.03 bits per heavy atom. The highest BCUT2D eigenvalue weighted by molar-refractivity contribution is 5.73. The molecule has 0 aliphatic heterocycles. The Labute approximate surface area is 181 Å². The van der Waals surface area contributed by atoms with E-state index in [9.17, 15) is 18.9 Å². The number of rotatable bonds is 10. The Bertz CT molecular complexity index is 629. The maximum Gasteiger partial charge on any atom is 0.322 e. The summed E-state index contributed by atoms with van der Waals surface area (Å²) in [6, 6.07) is 9.27. The van der Waals surface area contributed by atoms with Gasteiger partial charge in [-0.15, -0.1) is 4.48 Å². The van der Waals surface area contributed by atoms with Crippen LogP contribution in [0, 0.1) is 0 Å². The number of halogens is 1. The van der Waals surface area contributed by atoms with Crippen LogP contribution in [0.5, 0.6) is 0 Å². The van der Waals surface area contributed by atoms with Crippen LogP contribution in [0.3, 0.4) is 0 Å². The highest BCUT2D eigenvalue weighted by Crippen LogP contribution is 2.17. The molecular weight excluding hydrogens is 411 g/mol. The van der Waals surface area contributed by atoms with E-state index >= 15 is 0 Å². The van der Waals surface area contributed by atoms with Crippen LogP contribution >= 0.6 is 0 Å². The van der Waals surface area contributed by atoms with Crippen LogP contribution in [0.4, 0.5) is 10.2 Å². The van der Waals surface area contributed by atoms with Crippen LogP contribution in [0.2, 0.25) is 0 Å². The zero-order valence-corrected chi connectivity index (χ0v) is 17.6. The number of nitrogens with one attached hydrogen (secondary N) is 4. The van der Waals surface area contributed by atoms with Crippen LogP contribution < -0.4 is 21.7 Å². The minimum atomic E-state index is -0.951. The van der Waals surface area contributed by atoms with Crippen LogP contribution in [-0.4, -0.2) is 58.4 Å². The first kappa shape index (κ1) is 28.2. The fraction of sp³-hybridized carbons (Fsp3) is 0.550. The molecule has 0 radical (unpaired) electrons. The van der Waals surface area contributed by atoms with Gasteiger partial charge in [-0.2, -0.15) is 0 Å². The highest BCUT2D eigenvalue weighted by Gasteiger charge is 2.18. The van der Waals surface area contributed by atoms with Gasteiger partial charge in [-0.25, -0.2) is 5.43 Å². The molecule has 0 amide bonds. The molecule has 1 aromatic carbocycles. The van der Waals surface area contributed by atoms with E-state index in [-0.39, 0.29) is 19.5 Å². The van der Waals surface area contributed by atoms with Crippen molar-refractivity contribution in [2.45, 2.75) is 57.5 Å². The second kappa shape index (κ2) is 18.0. The molecule has 11 heteroatoms. The number of anilines is 1. The number of aliphatic carboxylic acids is 3.